The van der Waals surface area contributed by atoms with Crippen molar-refractivity contribution in [2.75, 3.05) is 32.1 Å². The Morgan fingerprint density at radius 3 is 2.26 bits per heavy atom. The first-order chi connectivity index (χ1) is 13.0. The molecule has 0 unspecified atom stereocenters. The van der Waals surface area contributed by atoms with Crippen molar-refractivity contribution < 1.29 is 14.0 Å². The minimum Gasteiger partial charge on any atom is -0.378 e. The van der Waals surface area contributed by atoms with Gasteiger partial charge in [-0.1, -0.05) is 12.1 Å². The number of rotatable bonds is 4. The third-order valence-corrected chi connectivity index (χ3v) is 4.87. The van der Waals surface area contributed by atoms with Crippen LogP contribution in [-0.4, -0.2) is 49.9 Å². The van der Waals surface area contributed by atoms with E-state index in [1.54, 1.807) is 17.0 Å². The van der Waals surface area contributed by atoms with Gasteiger partial charge in [-0.25, -0.2) is 4.39 Å². The molecule has 0 radical (unpaired) electrons. The SMILES string of the molecule is CN(C)c1ccc(C(=O)N2CCC(NC(=O)c3ccccc3F)CC2)cc1. The van der Waals surface area contributed by atoms with Crippen LogP contribution in [0.3, 0.4) is 0 Å². The van der Waals surface area contributed by atoms with Crippen LogP contribution in [0.25, 0.3) is 0 Å². The number of anilines is 1. The molecule has 0 bridgehead atoms. The number of hydrogen-bond acceptors (Lipinski definition) is 3. The summed E-state index contributed by atoms with van der Waals surface area (Å²) in [5, 5.41) is 2.87. The number of likely N-dealkylation sites (tertiary alicyclic amines) is 1. The van der Waals surface area contributed by atoms with Gasteiger partial charge in [0.05, 0.1) is 5.56 Å². The topological polar surface area (TPSA) is 52.7 Å². The lowest BCUT2D eigenvalue weighted by Crippen LogP contribution is -2.46. The van der Waals surface area contributed by atoms with Crippen molar-refractivity contribution in [1.82, 2.24) is 10.2 Å². The Labute approximate surface area is 158 Å². The zero-order chi connectivity index (χ0) is 19.4. The van der Waals surface area contributed by atoms with Crippen molar-refractivity contribution >= 4 is 17.5 Å². The summed E-state index contributed by atoms with van der Waals surface area (Å²) >= 11 is 0. The average molecular weight is 369 g/mol. The third-order valence-electron chi connectivity index (χ3n) is 4.87. The number of amides is 2. The number of carbonyl (C=O) groups is 2. The van der Waals surface area contributed by atoms with Gasteiger partial charge < -0.3 is 15.1 Å². The lowest BCUT2D eigenvalue weighted by Gasteiger charge is -2.32. The number of nitrogens with zero attached hydrogens (tertiary/aromatic N) is 2. The van der Waals surface area contributed by atoms with E-state index in [-0.39, 0.29) is 17.5 Å². The van der Waals surface area contributed by atoms with Gasteiger partial charge in [0.2, 0.25) is 0 Å². The average Bonchev–Trinajstić information content (AvgIpc) is 2.68. The first kappa shape index (κ1) is 18.9. The van der Waals surface area contributed by atoms with E-state index < -0.39 is 11.7 Å². The summed E-state index contributed by atoms with van der Waals surface area (Å²) in [6.07, 6.45) is 1.31. The highest BCUT2D eigenvalue weighted by atomic mass is 19.1. The molecule has 2 amide bonds. The fourth-order valence-corrected chi connectivity index (χ4v) is 3.22. The summed E-state index contributed by atoms with van der Waals surface area (Å²) in [7, 11) is 3.91. The van der Waals surface area contributed by atoms with E-state index in [1.165, 1.54) is 12.1 Å². The Kier molecular flexibility index (Phi) is 5.74. The predicted molar refractivity (Wildman–Crippen MR) is 104 cm³/mol. The number of benzene rings is 2. The van der Waals surface area contributed by atoms with Crippen molar-refractivity contribution in [3.63, 3.8) is 0 Å². The van der Waals surface area contributed by atoms with Crippen molar-refractivity contribution in [3.05, 3.63) is 65.5 Å². The van der Waals surface area contributed by atoms with Crippen molar-refractivity contribution in [2.45, 2.75) is 18.9 Å². The summed E-state index contributed by atoms with van der Waals surface area (Å²) < 4.78 is 13.7. The molecule has 0 spiro atoms. The van der Waals surface area contributed by atoms with Gasteiger partial charge in [-0.3, -0.25) is 9.59 Å². The van der Waals surface area contributed by atoms with E-state index in [9.17, 15) is 14.0 Å². The predicted octanol–water partition coefficient (Wildman–Crippen LogP) is 2.93. The molecule has 1 aliphatic heterocycles. The normalized spacial score (nSPS) is 14.7. The van der Waals surface area contributed by atoms with E-state index >= 15 is 0 Å². The maximum atomic E-state index is 13.7. The van der Waals surface area contributed by atoms with Crippen molar-refractivity contribution in [1.29, 1.82) is 0 Å². The van der Waals surface area contributed by atoms with Gasteiger partial charge in [0, 0.05) is 44.5 Å². The van der Waals surface area contributed by atoms with Gasteiger partial charge in [0.1, 0.15) is 5.82 Å². The summed E-state index contributed by atoms with van der Waals surface area (Å²) in [6, 6.07) is 13.4. The van der Waals surface area contributed by atoms with Crippen LogP contribution in [0.2, 0.25) is 0 Å². The minimum atomic E-state index is -0.524. The van der Waals surface area contributed by atoms with Gasteiger partial charge in [-0.15, -0.1) is 0 Å². The Hall–Kier alpha value is -2.89. The zero-order valence-corrected chi connectivity index (χ0v) is 15.6. The van der Waals surface area contributed by atoms with Gasteiger partial charge in [-0.2, -0.15) is 0 Å². The first-order valence-corrected chi connectivity index (χ1v) is 9.08. The smallest absolute Gasteiger partial charge is 0.254 e. The van der Waals surface area contributed by atoms with Gasteiger partial charge in [0.25, 0.3) is 11.8 Å². The van der Waals surface area contributed by atoms with E-state index in [0.29, 0.717) is 31.5 Å². The van der Waals surface area contributed by atoms with E-state index in [4.69, 9.17) is 0 Å². The maximum Gasteiger partial charge on any atom is 0.254 e. The molecule has 142 valence electrons. The Morgan fingerprint density at radius 1 is 1.04 bits per heavy atom. The largest absolute Gasteiger partial charge is 0.378 e. The molecule has 27 heavy (non-hydrogen) atoms. The number of halogens is 1. The fraction of sp³-hybridized carbons (Fsp3) is 0.333. The number of piperidine rings is 1. The molecule has 5 nitrogen and oxygen atoms in total. The summed E-state index contributed by atoms with van der Waals surface area (Å²) in [4.78, 5) is 28.7. The summed E-state index contributed by atoms with van der Waals surface area (Å²) in [5.74, 6) is -0.930. The van der Waals surface area contributed by atoms with Crippen molar-refractivity contribution in [2.24, 2.45) is 0 Å². The van der Waals surface area contributed by atoms with Crippen LogP contribution in [0.4, 0.5) is 10.1 Å². The number of hydrogen-bond donors (Lipinski definition) is 1. The summed E-state index contributed by atoms with van der Waals surface area (Å²) in [5.41, 5.74) is 1.76. The van der Waals surface area contributed by atoms with E-state index in [0.717, 1.165) is 5.69 Å². The summed E-state index contributed by atoms with van der Waals surface area (Å²) in [6.45, 7) is 1.13. The molecular weight excluding hydrogens is 345 g/mol. The first-order valence-electron chi connectivity index (χ1n) is 9.08. The fourth-order valence-electron chi connectivity index (χ4n) is 3.22. The highest BCUT2D eigenvalue weighted by Crippen LogP contribution is 2.18. The molecule has 1 aliphatic rings. The number of carbonyl (C=O) groups excluding carboxylic acids is 2. The lowest BCUT2D eigenvalue weighted by molar-refractivity contribution is 0.0698. The second kappa shape index (κ2) is 8.20. The molecule has 0 atom stereocenters. The maximum absolute atomic E-state index is 13.7. The quantitative estimate of drug-likeness (QED) is 0.902. The van der Waals surface area contributed by atoms with Gasteiger partial charge in [0.15, 0.2) is 0 Å². The molecule has 0 saturated carbocycles. The van der Waals surface area contributed by atoms with Crippen LogP contribution in [0.15, 0.2) is 48.5 Å². The second-order valence-electron chi connectivity index (χ2n) is 6.96. The van der Waals surface area contributed by atoms with Crippen molar-refractivity contribution in [3.8, 4) is 0 Å². The molecule has 3 rings (SSSR count). The van der Waals surface area contributed by atoms with Crippen LogP contribution in [0.1, 0.15) is 33.6 Å². The molecule has 1 heterocycles. The zero-order valence-electron chi connectivity index (χ0n) is 15.6. The van der Waals surface area contributed by atoms with Gasteiger partial charge in [-0.05, 0) is 49.2 Å². The second-order valence-corrected chi connectivity index (χ2v) is 6.96. The molecule has 0 aliphatic carbocycles. The standard InChI is InChI=1S/C21H24FN3O2/c1-24(2)17-9-7-15(8-10-17)21(27)25-13-11-16(12-14-25)23-20(26)18-5-3-4-6-19(18)22/h3-10,16H,11-14H2,1-2H3,(H,23,26). The molecule has 1 N–H and O–H groups in total. The molecule has 2 aromatic carbocycles. The highest BCUT2D eigenvalue weighted by Gasteiger charge is 2.25. The minimum absolute atomic E-state index is 0.000753. The van der Waals surface area contributed by atoms with Crippen LogP contribution in [-0.2, 0) is 0 Å². The molecular formula is C21H24FN3O2. The van der Waals surface area contributed by atoms with E-state index in [2.05, 4.69) is 5.32 Å². The van der Waals surface area contributed by atoms with Crippen LogP contribution < -0.4 is 10.2 Å². The molecule has 0 aromatic heterocycles. The lowest BCUT2D eigenvalue weighted by atomic mass is 10.0. The molecule has 1 saturated heterocycles. The Morgan fingerprint density at radius 2 is 1.67 bits per heavy atom. The van der Waals surface area contributed by atoms with Crippen LogP contribution >= 0.6 is 0 Å². The number of nitrogens with one attached hydrogen (secondary N) is 1. The van der Waals surface area contributed by atoms with E-state index in [1.807, 2.05) is 43.3 Å². The molecule has 6 heteroatoms. The Bertz CT molecular complexity index is 812. The third kappa shape index (κ3) is 4.45. The van der Waals surface area contributed by atoms with Gasteiger partial charge >= 0.3 is 0 Å². The Balaban J connectivity index is 1.54. The monoisotopic (exact) mass is 369 g/mol. The molecule has 1 fully saturated rings. The van der Waals surface area contributed by atoms with Crippen LogP contribution in [0, 0.1) is 5.82 Å². The highest BCUT2D eigenvalue weighted by molar-refractivity contribution is 5.95. The van der Waals surface area contributed by atoms with Crippen LogP contribution in [0.5, 0.6) is 0 Å². The molecule has 2 aromatic rings.